The largest absolute Gasteiger partial charge is 0.495 e. The van der Waals surface area contributed by atoms with Crippen molar-refractivity contribution in [3.8, 4) is 17.2 Å². The number of hydrogen-bond donors (Lipinski definition) is 2. The highest BCUT2D eigenvalue weighted by Crippen LogP contribution is 2.30. The van der Waals surface area contributed by atoms with E-state index in [1.54, 1.807) is 21.3 Å². The lowest BCUT2D eigenvalue weighted by Gasteiger charge is -2.22. The van der Waals surface area contributed by atoms with Crippen molar-refractivity contribution in [1.82, 2.24) is 10.6 Å². The average molecular weight is 554 g/mol. The molecule has 1 unspecified atom stereocenters. The molecule has 0 aromatic heterocycles. The van der Waals surface area contributed by atoms with Crippen molar-refractivity contribution in [2.75, 3.05) is 52.9 Å². The highest BCUT2D eigenvalue weighted by atomic mass is 127. The molecule has 3 rings (SSSR count). The minimum atomic E-state index is 0. The summed E-state index contributed by atoms with van der Waals surface area (Å²) in [5, 5.41) is 6.99. The summed E-state index contributed by atoms with van der Waals surface area (Å²) in [5.74, 6) is 3.29. The number of benzene rings is 2. The lowest BCUT2D eigenvalue weighted by atomic mass is 10.1. The van der Waals surface area contributed by atoms with Gasteiger partial charge in [0.05, 0.1) is 27.0 Å². The normalized spacial score (nSPS) is 15.7. The molecule has 0 radical (unpaired) electrons. The number of methoxy groups -OCH3 is 3. The van der Waals surface area contributed by atoms with Gasteiger partial charge in [-0.3, -0.25) is 4.99 Å². The highest BCUT2D eigenvalue weighted by Gasteiger charge is 2.25. The third kappa shape index (κ3) is 6.82. The van der Waals surface area contributed by atoms with Gasteiger partial charge in [0.1, 0.15) is 5.75 Å². The average Bonchev–Trinajstić information content (AvgIpc) is 3.29. The molecule has 1 aliphatic heterocycles. The van der Waals surface area contributed by atoms with Crippen molar-refractivity contribution < 1.29 is 14.2 Å². The van der Waals surface area contributed by atoms with Gasteiger partial charge in [0.2, 0.25) is 0 Å². The first-order valence-electron chi connectivity index (χ1n) is 10.7. The molecule has 1 saturated heterocycles. The van der Waals surface area contributed by atoms with Gasteiger partial charge in [-0.25, -0.2) is 0 Å². The van der Waals surface area contributed by atoms with E-state index in [4.69, 9.17) is 14.2 Å². The van der Waals surface area contributed by atoms with Gasteiger partial charge in [-0.2, -0.15) is 0 Å². The number of anilines is 1. The molecule has 32 heavy (non-hydrogen) atoms. The van der Waals surface area contributed by atoms with Gasteiger partial charge in [-0.1, -0.05) is 18.2 Å². The van der Waals surface area contributed by atoms with Crippen molar-refractivity contribution in [3.63, 3.8) is 0 Å². The fraction of sp³-hybridized carbons (Fsp3) is 0.458. The predicted octanol–water partition coefficient (Wildman–Crippen LogP) is 3.71. The molecule has 7 nitrogen and oxygen atoms in total. The molecule has 0 spiro atoms. The molecule has 1 aliphatic rings. The van der Waals surface area contributed by atoms with E-state index in [0.717, 1.165) is 67.8 Å². The summed E-state index contributed by atoms with van der Waals surface area (Å²) in [4.78, 5) is 6.75. The van der Waals surface area contributed by atoms with Gasteiger partial charge in [-0.15, -0.1) is 24.0 Å². The Kier molecular flexibility index (Phi) is 10.7. The fourth-order valence-electron chi connectivity index (χ4n) is 3.91. The summed E-state index contributed by atoms with van der Waals surface area (Å²) in [7, 11) is 6.85. The van der Waals surface area contributed by atoms with E-state index in [1.165, 1.54) is 5.56 Å². The smallest absolute Gasteiger partial charge is 0.191 e. The van der Waals surface area contributed by atoms with Crippen LogP contribution in [0.2, 0.25) is 0 Å². The molecule has 2 N–H and O–H groups in total. The summed E-state index contributed by atoms with van der Waals surface area (Å²) < 4.78 is 16.2. The molecule has 176 valence electrons. The van der Waals surface area contributed by atoms with Crippen LogP contribution in [0, 0.1) is 0 Å². The highest BCUT2D eigenvalue weighted by molar-refractivity contribution is 14.0. The summed E-state index contributed by atoms with van der Waals surface area (Å²) in [6.45, 7) is 2.76. The van der Waals surface area contributed by atoms with Crippen LogP contribution >= 0.6 is 24.0 Å². The zero-order valence-corrected chi connectivity index (χ0v) is 21.7. The van der Waals surface area contributed by atoms with Crippen LogP contribution in [0.25, 0.3) is 0 Å². The second kappa shape index (κ2) is 13.2. The van der Waals surface area contributed by atoms with Gasteiger partial charge in [-0.05, 0) is 49.1 Å². The number of hydrogen-bond acceptors (Lipinski definition) is 5. The van der Waals surface area contributed by atoms with Crippen LogP contribution < -0.4 is 29.7 Å². The maximum atomic E-state index is 5.51. The van der Waals surface area contributed by atoms with Crippen molar-refractivity contribution >= 4 is 35.6 Å². The van der Waals surface area contributed by atoms with Gasteiger partial charge in [0.25, 0.3) is 0 Å². The molecule has 8 heteroatoms. The number of nitrogens with one attached hydrogen (secondary N) is 2. The number of halogens is 1. The number of ether oxygens (including phenoxy) is 3. The number of para-hydroxylation sites is 2. The molecule has 1 fully saturated rings. The Labute approximate surface area is 208 Å². The van der Waals surface area contributed by atoms with Gasteiger partial charge >= 0.3 is 0 Å². The summed E-state index contributed by atoms with van der Waals surface area (Å²) in [6.07, 6.45) is 3.01. The van der Waals surface area contributed by atoms with Crippen molar-refractivity contribution in [2.45, 2.75) is 25.3 Å². The van der Waals surface area contributed by atoms with E-state index in [-0.39, 0.29) is 24.0 Å². The molecule has 0 amide bonds. The van der Waals surface area contributed by atoms with E-state index in [1.807, 2.05) is 31.3 Å². The number of nitrogens with zero attached hydrogens (tertiary/aromatic N) is 2. The Hall–Kier alpha value is -2.36. The summed E-state index contributed by atoms with van der Waals surface area (Å²) >= 11 is 0. The van der Waals surface area contributed by atoms with Crippen LogP contribution in [0.5, 0.6) is 17.2 Å². The number of aliphatic imine (C=N–C) groups is 1. The topological polar surface area (TPSA) is 67.4 Å². The molecule has 0 aliphatic carbocycles. The third-order valence-electron chi connectivity index (χ3n) is 5.56. The minimum absolute atomic E-state index is 0. The maximum Gasteiger partial charge on any atom is 0.191 e. The molecule has 1 heterocycles. The summed E-state index contributed by atoms with van der Waals surface area (Å²) in [5.41, 5.74) is 2.37. The number of aryl methyl sites for hydroxylation is 1. The molecular weight excluding hydrogens is 519 g/mol. The standard InChI is InChI=1S/C24H34N4O3.HI/c1-25-24(26-14-7-8-18-11-12-22(30-3)23(16-18)31-4)27-19-13-15-28(17-19)20-9-5-6-10-21(20)29-2;/h5-6,9-12,16,19H,7-8,13-15,17H2,1-4H3,(H2,25,26,27);1H. The molecule has 0 bridgehead atoms. The van der Waals surface area contributed by atoms with Crippen molar-refractivity contribution in [2.24, 2.45) is 4.99 Å². The van der Waals surface area contributed by atoms with Gasteiger partial charge in [0, 0.05) is 32.7 Å². The SMILES string of the molecule is CN=C(NCCCc1ccc(OC)c(OC)c1)NC1CCN(c2ccccc2OC)C1.I. The Bertz CT molecular complexity index is 878. The molecule has 2 aromatic rings. The number of guanidine groups is 1. The third-order valence-corrected chi connectivity index (χ3v) is 5.56. The Balaban J connectivity index is 0.00000363. The van der Waals surface area contributed by atoms with Gasteiger partial charge in [0.15, 0.2) is 17.5 Å². The van der Waals surface area contributed by atoms with E-state index in [2.05, 4.69) is 38.7 Å². The Morgan fingerprint density at radius 2 is 1.78 bits per heavy atom. The zero-order valence-electron chi connectivity index (χ0n) is 19.4. The zero-order chi connectivity index (χ0) is 22.1. The van der Waals surface area contributed by atoms with E-state index in [9.17, 15) is 0 Å². The monoisotopic (exact) mass is 554 g/mol. The first-order valence-corrected chi connectivity index (χ1v) is 10.7. The first-order chi connectivity index (χ1) is 15.2. The molecule has 0 saturated carbocycles. The van der Waals surface area contributed by atoms with Crippen LogP contribution in [-0.2, 0) is 6.42 Å². The fourth-order valence-corrected chi connectivity index (χ4v) is 3.91. The summed E-state index contributed by atoms with van der Waals surface area (Å²) in [6, 6.07) is 14.6. The van der Waals surface area contributed by atoms with E-state index < -0.39 is 0 Å². The van der Waals surface area contributed by atoms with E-state index in [0.29, 0.717) is 6.04 Å². The lowest BCUT2D eigenvalue weighted by Crippen LogP contribution is -2.44. The van der Waals surface area contributed by atoms with Crippen molar-refractivity contribution in [3.05, 3.63) is 48.0 Å². The minimum Gasteiger partial charge on any atom is -0.495 e. The quantitative estimate of drug-likeness (QED) is 0.213. The second-order valence-corrected chi connectivity index (χ2v) is 7.54. The number of rotatable bonds is 9. The van der Waals surface area contributed by atoms with Crippen LogP contribution in [0.4, 0.5) is 5.69 Å². The van der Waals surface area contributed by atoms with Crippen LogP contribution in [0.3, 0.4) is 0 Å². The van der Waals surface area contributed by atoms with E-state index >= 15 is 0 Å². The lowest BCUT2D eigenvalue weighted by molar-refractivity contribution is 0.354. The Morgan fingerprint density at radius 1 is 1.03 bits per heavy atom. The molecule has 2 aromatic carbocycles. The van der Waals surface area contributed by atoms with Gasteiger partial charge < -0.3 is 29.7 Å². The van der Waals surface area contributed by atoms with Crippen molar-refractivity contribution in [1.29, 1.82) is 0 Å². The van der Waals surface area contributed by atoms with Crippen LogP contribution in [0.1, 0.15) is 18.4 Å². The van der Waals surface area contributed by atoms with Crippen LogP contribution in [-0.4, -0.2) is 60.0 Å². The van der Waals surface area contributed by atoms with Crippen LogP contribution in [0.15, 0.2) is 47.5 Å². The Morgan fingerprint density at radius 3 is 2.50 bits per heavy atom. The molecule has 1 atom stereocenters. The second-order valence-electron chi connectivity index (χ2n) is 7.54. The first kappa shape index (κ1) is 25.9. The predicted molar refractivity (Wildman–Crippen MR) is 141 cm³/mol. The molecular formula is C24H35IN4O3. The maximum absolute atomic E-state index is 5.51.